The van der Waals surface area contributed by atoms with Crippen molar-refractivity contribution in [3.8, 4) is 0 Å². The van der Waals surface area contributed by atoms with Crippen LogP contribution in [0.1, 0.15) is 5.69 Å². The van der Waals surface area contributed by atoms with Gasteiger partial charge in [0, 0.05) is 6.54 Å². The molecule has 4 nitrogen and oxygen atoms in total. The molecule has 0 aromatic carbocycles. The fraction of sp³-hybridized carbons (Fsp3) is 0.143. The van der Waals surface area contributed by atoms with Gasteiger partial charge in [0.25, 0.3) is 0 Å². The van der Waals surface area contributed by atoms with Gasteiger partial charge in [0.15, 0.2) is 10.4 Å². The standard InChI is InChI=1S/C7H8N4S/c8-3-4-1-2-5-6(9-4)11-7(12)10-5/h1-2H,3,8H2,(H2,9,10,11,12). The molecule has 12 heavy (non-hydrogen) atoms. The van der Waals surface area contributed by atoms with E-state index < -0.39 is 0 Å². The van der Waals surface area contributed by atoms with E-state index in [1.165, 1.54) is 0 Å². The molecule has 0 amide bonds. The van der Waals surface area contributed by atoms with Crippen LogP contribution in [0.15, 0.2) is 12.1 Å². The quantitative estimate of drug-likeness (QED) is 0.575. The molecular formula is C7H8N4S. The van der Waals surface area contributed by atoms with Gasteiger partial charge in [0.2, 0.25) is 0 Å². The van der Waals surface area contributed by atoms with Gasteiger partial charge < -0.3 is 15.7 Å². The van der Waals surface area contributed by atoms with Gasteiger partial charge in [-0.3, -0.25) is 0 Å². The first-order chi connectivity index (χ1) is 5.79. The van der Waals surface area contributed by atoms with Crippen LogP contribution in [0, 0.1) is 4.77 Å². The molecule has 0 aliphatic rings. The second kappa shape index (κ2) is 2.69. The molecular weight excluding hydrogens is 172 g/mol. The molecule has 0 saturated heterocycles. The van der Waals surface area contributed by atoms with Crippen molar-refractivity contribution in [2.24, 2.45) is 5.73 Å². The summed E-state index contributed by atoms with van der Waals surface area (Å²) >= 11 is 4.91. The van der Waals surface area contributed by atoms with Crippen LogP contribution in [0.3, 0.4) is 0 Å². The molecule has 0 spiro atoms. The number of hydrogen-bond donors (Lipinski definition) is 3. The minimum absolute atomic E-state index is 0.446. The molecule has 0 unspecified atom stereocenters. The van der Waals surface area contributed by atoms with E-state index in [9.17, 15) is 0 Å². The zero-order chi connectivity index (χ0) is 8.55. The van der Waals surface area contributed by atoms with Crippen molar-refractivity contribution in [1.29, 1.82) is 0 Å². The third kappa shape index (κ3) is 1.13. The number of aromatic amines is 2. The van der Waals surface area contributed by atoms with E-state index in [-0.39, 0.29) is 0 Å². The lowest BCUT2D eigenvalue weighted by molar-refractivity contribution is 1.00. The summed E-state index contributed by atoms with van der Waals surface area (Å²) in [4.78, 5) is 10.1. The molecule has 0 radical (unpaired) electrons. The summed E-state index contributed by atoms with van der Waals surface area (Å²) in [5, 5.41) is 0. The Morgan fingerprint density at radius 1 is 1.42 bits per heavy atom. The van der Waals surface area contributed by atoms with Gasteiger partial charge in [-0.2, -0.15) is 0 Å². The molecule has 0 atom stereocenters. The van der Waals surface area contributed by atoms with Crippen molar-refractivity contribution < 1.29 is 0 Å². The zero-order valence-electron chi connectivity index (χ0n) is 6.29. The lowest BCUT2D eigenvalue weighted by Gasteiger charge is -1.93. The summed E-state index contributed by atoms with van der Waals surface area (Å²) in [5.74, 6) is 0. The first kappa shape index (κ1) is 7.45. The molecule has 0 aliphatic carbocycles. The van der Waals surface area contributed by atoms with Gasteiger partial charge >= 0.3 is 0 Å². The first-order valence-electron chi connectivity index (χ1n) is 3.57. The van der Waals surface area contributed by atoms with Gasteiger partial charge in [0.1, 0.15) is 0 Å². The number of fused-ring (bicyclic) bond motifs is 1. The monoisotopic (exact) mass is 180 g/mol. The van der Waals surface area contributed by atoms with E-state index in [0.29, 0.717) is 11.3 Å². The summed E-state index contributed by atoms with van der Waals surface area (Å²) in [6.45, 7) is 0.446. The maximum atomic E-state index is 5.44. The van der Waals surface area contributed by atoms with Gasteiger partial charge in [0.05, 0.1) is 11.2 Å². The van der Waals surface area contributed by atoms with Crippen LogP contribution in [-0.2, 0) is 6.54 Å². The summed E-state index contributed by atoms with van der Waals surface area (Å²) in [5.41, 5.74) is 7.97. The Morgan fingerprint density at radius 3 is 3.00 bits per heavy atom. The van der Waals surface area contributed by atoms with E-state index in [4.69, 9.17) is 18.0 Å². The number of imidazole rings is 1. The van der Waals surface area contributed by atoms with Crippen molar-refractivity contribution in [2.75, 3.05) is 0 Å². The highest BCUT2D eigenvalue weighted by molar-refractivity contribution is 7.71. The van der Waals surface area contributed by atoms with Crippen LogP contribution < -0.4 is 5.73 Å². The van der Waals surface area contributed by atoms with Gasteiger partial charge in [-0.25, -0.2) is 4.98 Å². The Kier molecular flexibility index (Phi) is 1.67. The molecule has 0 fully saturated rings. The predicted molar refractivity (Wildman–Crippen MR) is 49.2 cm³/mol. The summed E-state index contributed by atoms with van der Waals surface area (Å²) < 4.78 is 0.590. The Morgan fingerprint density at radius 2 is 2.25 bits per heavy atom. The Bertz CT molecular complexity index is 456. The van der Waals surface area contributed by atoms with Crippen molar-refractivity contribution in [1.82, 2.24) is 15.0 Å². The lowest BCUT2D eigenvalue weighted by atomic mass is 10.3. The summed E-state index contributed by atoms with van der Waals surface area (Å²) in [7, 11) is 0. The third-order valence-electron chi connectivity index (χ3n) is 1.64. The van der Waals surface area contributed by atoms with Crippen molar-refractivity contribution >= 4 is 23.4 Å². The summed E-state index contributed by atoms with van der Waals surface area (Å²) in [6, 6.07) is 3.79. The molecule has 0 aliphatic heterocycles. The lowest BCUT2D eigenvalue weighted by Crippen LogP contribution is -1.98. The molecule has 0 saturated carbocycles. The highest BCUT2D eigenvalue weighted by Gasteiger charge is 1.97. The third-order valence-corrected chi connectivity index (χ3v) is 1.85. The number of H-pyrrole nitrogens is 2. The van der Waals surface area contributed by atoms with Gasteiger partial charge in [-0.15, -0.1) is 0 Å². The number of nitrogens with two attached hydrogens (primary N) is 1. The minimum Gasteiger partial charge on any atom is -0.329 e. The minimum atomic E-state index is 0.446. The van der Waals surface area contributed by atoms with E-state index in [0.717, 1.165) is 16.9 Å². The highest BCUT2D eigenvalue weighted by atomic mass is 32.1. The molecule has 2 heterocycles. The zero-order valence-corrected chi connectivity index (χ0v) is 7.11. The highest BCUT2D eigenvalue weighted by Crippen LogP contribution is 2.07. The largest absolute Gasteiger partial charge is 0.329 e. The Labute approximate surface area is 73.8 Å². The molecule has 2 aromatic rings. The molecule has 62 valence electrons. The molecule has 4 N–H and O–H groups in total. The van der Waals surface area contributed by atoms with Gasteiger partial charge in [-0.05, 0) is 24.4 Å². The van der Waals surface area contributed by atoms with Crippen molar-refractivity contribution in [2.45, 2.75) is 6.54 Å². The molecule has 2 aromatic heterocycles. The number of rotatable bonds is 1. The van der Waals surface area contributed by atoms with Crippen LogP contribution in [0.4, 0.5) is 0 Å². The fourth-order valence-electron chi connectivity index (χ4n) is 1.07. The maximum Gasteiger partial charge on any atom is 0.176 e. The predicted octanol–water partition coefficient (Wildman–Crippen LogP) is 1.08. The number of hydrogen-bond acceptors (Lipinski definition) is 3. The SMILES string of the molecule is NCc1ccc2[nH]c(=S)[nH]c2n1. The van der Waals surface area contributed by atoms with Crippen LogP contribution >= 0.6 is 12.2 Å². The van der Waals surface area contributed by atoms with E-state index in [1.807, 2.05) is 12.1 Å². The molecule has 2 rings (SSSR count). The Hall–Kier alpha value is -1.20. The first-order valence-corrected chi connectivity index (χ1v) is 3.98. The number of nitrogens with one attached hydrogen (secondary N) is 2. The van der Waals surface area contributed by atoms with Crippen molar-refractivity contribution in [3.63, 3.8) is 0 Å². The maximum absolute atomic E-state index is 5.44. The van der Waals surface area contributed by atoms with Crippen molar-refractivity contribution in [3.05, 3.63) is 22.6 Å². The normalized spacial score (nSPS) is 10.8. The second-order valence-electron chi connectivity index (χ2n) is 2.48. The molecule has 0 bridgehead atoms. The van der Waals surface area contributed by atoms with E-state index in [1.54, 1.807) is 0 Å². The summed E-state index contributed by atoms with van der Waals surface area (Å²) in [6.07, 6.45) is 0. The number of nitrogens with zero attached hydrogens (tertiary/aromatic N) is 1. The Balaban J connectivity index is 2.74. The van der Waals surface area contributed by atoms with Crippen LogP contribution in [0.2, 0.25) is 0 Å². The number of pyridine rings is 1. The van der Waals surface area contributed by atoms with E-state index >= 15 is 0 Å². The fourth-order valence-corrected chi connectivity index (χ4v) is 1.28. The van der Waals surface area contributed by atoms with Crippen LogP contribution in [0.25, 0.3) is 11.2 Å². The average Bonchev–Trinajstić information content (AvgIpc) is 2.43. The molecule has 5 heteroatoms. The average molecular weight is 180 g/mol. The van der Waals surface area contributed by atoms with E-state index in [2.05, 4.69) is 15.0 Å². The number of aromatic nitrogens is 3. The van der Waals surface area contributed by atoms with Crippen LogP contribution in [-0.4, -0.2) is 15.0 Å². The topological polar surface area (TPSA) is 70.5 Å². The van der Waals surface area contributed by atoms with Gasteiger partial charge in [-0.1, -0.05) is 0 Å². The smallest absolute Gasteiger partial charge is 0.176 e. The second-order valence-corrected chi connectivity index (χ2v) is 2.89. The van der Waals surface area contributed by atoms with Crippen LogP contribution in [0.5, 0.6) is 0 Å².